The summed E-state index contributed by atoms with van der Waals surface area (Å²) in [6.45, 7) is 4.98. The second-order valence-electron chi connectivity index (χ2n) is 24.6. The van der Waals surface area contributed by atoms with Crippen molar-refractivity contribution in [2.24, 2.45) is 0 Å². The summed E-state index contributed by atoms with van der Waals surface area (Å²) in [6.07, 6.45) is 85.0. The Hall–Kier alpha value is -1.66. The fourth-order valence-corrected chi connectivity index (χ4v) is 11.3. The fraction of sp³-hybridized carbons (Fsp3) is 0.917. The lowest BCUT2D eigenvalue weighted by Gasteiger charge is -2.22. The number of rotatable bonds is 67. The third-order valence-electron chi connectivity index (χ3n) is 16.7. The summed E-state index contributed by atoms with van der Waals surface area (Å²) in [6, 6.07) is -0.547. The zero-order valence-corrected chi connectivity index (χ0v) is 52.9. The molecule has 0 rings (SSSR count). The van der Waals surface area contributed by atoms with E-state index < -0.39 is 12.1 Å². The number of unbranched alkanes of at least 4 members (excludes halogenated alkanes) is 52. The van der Waals surface area contributed by atoms with E-state index in [4.69, 9.17) is 4.74 Å². The Morgan fingerprint density at radius 2 is 0.603 bits per heavy atom. The smallest absolute Gasteiger partial charge is 0.305 e. The molecule has 6 nitrogen and oxygen atoms in total. The molecule has 0 aromatic rings. The molecule has 0 aliphatic heterocycles. The number of aliphatic hydroxyl groups excluding tert-OH is 2. The molecular weight excluding hydrogens is 959 g/mol. The van der Waals surface area contributed by atoms with Crippen molar-refractivity contribution in [2.75, 3.05) is 13.2 Å². The predicted octanol–water partition coefficient (Wildman–Crippen LogP) is 22.9. The third-order valence-corrected chi connectivity index (χ3v) is 16.7. The number of hydrogen-bond acceptors (Lipinski definition) is 5. The minimum atomic E-state index is -0.670. The van der Waals surface area contributed by atoms with Crippen molar-refractivity contribution in [1.82, 2.24) is 5.32 Å². The second-order valence-corrected chi connectivity index (χ2v) is 24.6. The Morgan fingerprint density at radius 3 is 0.910 bits per heavy atom. The van der Waals surface area contributed by atoms with Gasteiger partial charge < -0.3 is 20.3 Å². The molecular formula is C72H139NO5. The largest absolute Gasteiger partial charge is 0.466 e. The number of allylic oxidation sites excluding steroid dienone is 4. The molecule has 0 bridgehead atoms. The number of carbonyl (C=O) groups excluding carboxylic acids is 2. The molecule has 0 saturated carbocycles. The first-order valence-corrected chi connectivity index (χ1v) is 35.6. The maximum absolute atomic E-state index is 12.5. The van der Waals surface area contributed by atoms with Gasteiger partial charge in [-0.25, -0.2) is 0 Å². The van der Waals surface area contributed by atoms with E-state index in [9.17, 15) is 19.8 Å². The lowest BCUT2D eigenvalue weighted by Crippen LogP contribution is -2.45. The van der Waals surface area contributed by atoms with Crippen LogP contribution in [0.5, 0.6) is 0 Å². The summed E-state index contributed by atoms with van der Waals surface area (Å²) in [5, 5.41) is 23.4. The fourth-order valence-electron chi connectivity index (χ4n) is 11.3. The molecule has 78 heavy (non-hydrogen) atoms. The highest BCUT2D eigenvalue weighted by Crippen LogP contribution is 2.19. The maximum atomic E-state index is 12.5. The first-order valence-electron chi connectivity index (χ1n) is 35.6. The van der Waals surface area contributed by atoms with Crippen molar-refractivity contribution in [3.63, 3.8) is 0 Å². The summed E-state index contributed by atoms with van der Waals surface area (Å²) in [5.41, 5.74) is 0. The lowest BCUT2D eigenvalue weighted by atomic mass is 10.0. The SMILES string of the molecule is CCCCCCCC/C=C\CCCCCCCCCCCC(=O)OCCCCCCCCCCCCC/C=C\CCCCCCCCCC(=O)NC(CO)C(O)CCCCCCCCCCCCCCCCCCCCCC. The Bertz CT molecular complexity index is 1220. The van der Waals surface area contributed by atoms with Crippen LogP contribution in [0.3, 0.4) is 0 Å². The minimum absolute atomic E-state index is 0.0106. The normalized spacial score (nSPS) is 12.6. The summed E-state index contributed by atoms with van der Waals surface area (Å²) in [7, 11) is 0. The van der Waals surface area contributed by atoms with Crippen LogP contribution in [-0.4, -0.2) is 47.4 Å². The number of aliphatic hydroxyl groups is 2. The van der Waals surface area contributed by atoms with Gasteiger partial charge in [0.25, 0.3) is 0 Å². The van der Waals surface area contributed by atoms with Crippen molar-refractivity contribution in [3.8, 4) is 0 Å². The molecule has 6 heteroatoms. The van der Waals surface area contributed by atoms with E-state index >= 15 is 0 Å². The molecule has 462 valence electrons. The molecule has 2 unspecified atom stereocenters. The molecule has 0 spiro atoms. The third kappa shape index (κ3) is 63.5. The first kappa shape index (κ1) is 76.3. The molecule has 0 radical (unpaired) electrons. The van der Waals surface area contributed by atoms with Gasteiger partial charge in [0.2, 0.25) is 5.91 Å². The monoisotopic (exact) mass is 1100 g/mol. The number of hydrogen-bond donors (Lipinski definition) is 3. The quantitative estimate of drug-likeness (QED) is 0.0320. The topological polar surface area (TPSA) is 95.9 Å². The van der Waals surface area contributed by atoms with E-state index in [2.05, 4.69) is 43.5 Å². The molecule has 0 fully saturated rings. The second kappa shape index (κ2) is 67.8. The van der Waals surface area contributed by atoms with Crippen molar-refractivity contribution in [3.05, 3.63) is 24.3 Å². The molecule has 0 heterocycles. The average Bonchev–Trinajstić information content (AvgIpc) is 3.44. The van der Waals surface area contributed by atoms with Crippen molar-refractivity contribution < 1.29 is 24.5 Å². The minimum Gasteiger partial charge on any atom is -0.466 e. The van der Waals surface area contributed by atoms with Crippen LogP contribution in [0.2, 0.25) is 0 Å². The van der Waals surface area contributed by atoms with E-state index in [-0.39, 0.29) is 18.5 Å². The van der Waals surface area contributed by atoms with Gasteiger partial charge in [-0.05, 0) is 77.0 Å². The lowest BCUT2D eigenvalue weighted by molar-refractivity contribution is -0.143. The van der Waals surface area contributed by atoms with Crippen LogP contribution in [0.1, 0.15) is 399 Å². The molecule has 0 aromatic carbocycles. The molecule has 2 atom stereocenters. The number of ether oxygens (including phenoxy) is 1. The number of amides is 1. The molecule has 0 aliphatic carbocycles. The van der Waals surface area contributed by atoms with E-state index in [1.807, 2.05) is 0 Å². The van der Waals surface area contributed by atoms with Crippen LogP contribution >= 0.6 is 0 Å². The van der Waals surface area contributed by atoms with Gasteiger partial charge in [0.1, 0.15) is 0 Å². The number of esters is 1. The number of nitrogens with one attached hydrogen (secondary N) is 1. The summed E-state index contributed by atoms with van der Waals surface area (Å²) in [4.78, 5) is 24.7. The van der Waals surface area contributed by atoms with Crippen molar-refractivity contribution >= 4 is 11.9 Å². The van der Waals surface area contributed by atoms with Gasteiger partial charge in [-0.15, -0.1) is 0 Å². The standard InChI is InChI=1S/C72H139NO5/c1-3-5-7-9-11-13-15-17-19-21-23-29-32-36-40-44-48-52-56-60-64-70(75)69(68-74)73-71(76)65-61-57-53-49-45-41-37-33-30-26-24-25-27-31-35-39-43-47-51-55-59-63-67-78-72(77)66-62-58-54-50-46-42-38-34-28-22-20-18-16-14-12-10-8-6-4-2/h18,20,26,30,69-70,74-75H,3-17,19,21-25,27-29,31-68H2,1-2H3,(H,73,76)/b20-18-,30-26-. The molecule has 1 amide bonds. The van der Waals surface area contributed by atoms with Gasteiger partial charge in [0.05, 0.1) is 25.4 Å². The maximum Gasteiger partial charge on any atom is 0.305 e. The van der Waals surface area contributed by atoms with E-state index in [0.717, 1.165) is 44.9 Å². The molecule has 0 saturated heterocycles. The van der Waals surface area contributed by atoms with Crippen molar-refractivity contribution in [1.29, 1.82) is 0 Å². The Morgan fingerprint density at radius 1 is 0.346 bits per heavy atom. The molecule has 0 aliphatic rings. The van der Waals surface area contributed by atoms with Gasteiger partial charge in [0, 0.05) is 12.8 Å². The van der Waals surface area contributed by atoms with Gasteiger partial charge in [-0.2, -0.15) is 0 Å². The zero-order valence-electron chi connectivity index (χ0n) is 52.9. The van der Waals surface area contributed by atoms with Crippen LogP contribution in [-0.2, 0) is 14.3 Å². The highest BCUT2D eigenvalue weighted by Gasteiger charge is 2.20. The van der Waals surface area contributed by atoms with Gasteiger partial charge >= 0.3 is 5.97 Å². The Kier molecular flexibility index (Phi) is 66.4. The van der Waals surface area contributed by atoms with Crippen LogP contribution in [0, 0.1) is 0 Å². The van der Waals surface area contributed by atoms with Crippen LogP contribution < -0.4 is 5.32 Å². The average molecular weight is 1100 g/mol. The molecule has 0 aromatic heterocycles. The van der Waals surface area contributed by atoms with Gasteiger partial charge in [0.15, 0.2) is 0 Å². The highest BCUT2D eigenvalue weighted by atomic mass is 16.5. The van der Waals surface area contributed by atoms with Gasteiger partial charge in [-0.3, -0.25) is 9.59 Å². The highest BCUT2D eigenvalue weighted by molar-refractivity contribution is 5.76. The van der Waals surface area contributed by atoms with Crippen LogP contribution in [0.15, 0.2) is 24.3 Å². The summed E-state index contributed by atoms with van der Waals surface area (Å²) in [5.74, 6) is -0.0274. The van der Waals surface area contributed by atoms with Crippen molar-refractivity contribution in [2.45, 2.75) is 411 Å². The molecule has 3 N–H and O–H groups in total. The first-order chi connectivity index (χ1) is 38.5. The van der Waals surface area contributed by atoms with Gasteiger partial charge in [-0.1, -0.05) is 334 Å². The summed E-state index contributed by atoms with van der Waals surface area (Å²) < 4.78 is 5.51. The zero-order chi connectivity index (χ0) is 56.4. The summed E-state index contributed by atoms with van der Waals surface area (Å²) >= 11 is 0. The Labute approximate surface area is 488 Å². The van der Waals surface area contributed by atoms with Crippen LogP contribution in [0.4, 0.5) is 0 Å². The van der Waals surface area contributed by atoms with E-state index in [1.54, 1.807) is 0 Å². The number of carbonyl (C=O) groups is 2. The van der Waals surface area contributed by atoms with E-state index in [0.29, 0.717) is 25.9 Å². The van der Waals surface area contributed by atoms with E-state index in [1.165, 1.54) is 321 Å². The Balaban J connectivity index is 3.40. The predicted molar refractivity (Wildman–Crippen MR) is 343 cm³/mol. The van der Waals surface area contributed by atoms with Crippen LogP contribution in [0.25, 0.3) is 0 Å².